The van der Waals surface area contributed by atoms with E-state index in [0.717, 1.165) is 24.8 Å². The second-order valence-electron chi connectivity index (χ2n) is 6.41. The number of ether oxygens (including phenoxy) is 2. The number of carbonyl (C=O) groups is 1. The Bertz CT molecular complexity index is 902. The van der Waals surface area contributed by atoms with Crippen LogP contribution in [0.2, 0.25) is 0 Å². The highest BCUT2D eigenvalue weighted by atomic mass is 16.6. The van der Waals surface area contributed by atoms with Crippen LogP contribution in [-0.2, 0) is 9.53 Å². The fourth-order valence-corrected chi connectivity index (χ4v) is 3.57. The minimum Gasteiger partial charge on any atom is -0.478 e. The zero-order valence-electron chi connectivity index (χ0n) is 13.7. The van der Waals surface area contributed by atoms with Crippen molar-refractivity contribution in [3.8, 4) is 17.1 Å². The molecule has 2 aromatic heterocycles. The molecule has 0 N–H and O–H groups in total. The van der Waals surface area contributed by atoms with Gasteiger partial charge in [-0.2, -0.15) is 0 Å². The molecule has 1 saturated carbocycles. The Hall–Kier alpha value is -2.89. The van der Waals surface area contributed by atoms with Crippen molar-refractivity contribution in [2.24, 2.45) is 0 Å². The molecule has 1 fully saturated rings. The van der Waals surface area contributed by atoms with Gasteiger partial charge in [0.1, 0.15) is 23.2 Å². The normalized spacial score (nSPS) is 24.4. The Balaban J connectivity index is 1.82. The van der Waals surface area contributed by atoms with Gasteiger partial charge in [-0.3, -0.25) is 9.78 Å². The van der Waals surface area contributed by atoms with Gasteiger partial charge < -0.3 is 13.9 Å². The summed E-state index contributed by atoms with van der Waals surface area (Å²) < 4.78 is 16.9. The molecule has 1 aliphatic heterocycles. The SMILES string of the molecule is C[C@]12Oc3cc(-c4cccnc4)oc(=O)c3C=C1CCC[C@H]2OC=O. The highest BCUT2D eigenvalue weighted by Gasteiger charge is 2.47. The maximum Gasteiger partial charge on any atom is 0.347 e. The van der Waals surface area contributed by atoms with Crippen molar-refractivity contribution >= 4 is 12.5 Å². The summed E-state index contributed by atoms with van der Waals surface area (Å²) in [5.41, 5.74) is 0.803. The molecule has 6 nitrogen and oxygen atoms in total. The standard InChI is InChI=1S/C19H17NO5/c1-19-13(5-2-6-17(19)23-11-21)8-14-16(25-19)9-15(24-18(14)22)12-4-3-7-20-10-12/h3-4,7-11,17H,2,5-6H2,1H3/t17-,19+/m1/s1. The predicted molar refractivity (Wildman–Crippen MR) is 90.0 cm³/mol. The molecule has 0 radical (unpaired) electrons. The van der Waals surface area contributed by atoms with Gasteiger partial charge in [0.25, 0.3) is 6.47 Å². The van der Waals surface area contributed by atoms with Crippen LogP contribution in [0.3, 0.4) is 0 Å². The Kier molecular flexibility index (Phi) is 3.67. The van der Waals surface area contributed by atoms with Crippen molar-refractivity contribution in [1.82, 2.24) is 4.98 Å². The largest absolute Gasteiger partial charge is 0.478 e. The molecule has 0 saturated heterocycles. The van der Waals surface area contributed by atoms with Crippen LogP contribution in [0.25, 0.3) is 17.4 Å². The Morgan fingerprint density at radius 1 is 1.44 bits per heavy atom. The minimum absolute atomic E-state index is 0.382. The first kappa shape index (κ1) is 15.6. The van der Waals surface area contributed by atoms with Crippen LogP contribution in [0, 0.1) is 0 Å². The first-order valence-corrected chi connectivity index (χ1v) is 8.19. The second-order valence-corrected chi connectivity index (χ2v) is 6.41. The van der Waals surface area contributed by atoms with E-state index in [4.69, 9.17) is 13.9 Å². The van der Waals surface area contributed by atoms with Gasteiger partial charge in [0.15, 0.2) is 5.60 Å². The quantitative estimate of drug-likeness (QED) is 0.800. The average Bonchev–Trinajstić information content (AvgIpc) is 2.62. The Morgan fingerprint density at radius 2 is 2.32 bits per heavy atom. The first-order chi connectivity index (χ1) is 12.1. The molecule has 0 spiro atoms. The summed E-state index contributed by atoms with van der Waals surface area (Å²) in [6, 6.07) is 5.27. The molecule has 0 amide bonds. The highest BCUT2D eigenvalue weighted by Crippen LogP contribution is 2.44. The van der Waals surface area contributed by atoms with E-state index in [0.29, 0.717) is 29.1 Å². The Labute approximate surface area is 144 Å². The highest BCUT2D eigenvalue weighted by molar-refractivity contribution is 5.68. The molecular formula is C19H17NO5. The molecule has 25 heavy (non-hydrogen) atoms. The average molecular weight is 339 g/mol. The van der Waals surface area contributed by atoms with Crippen molar-refractivity contribution in [1.29, 1.82) is 0 Å². The Morgan fingerprint density at radius 3 is 3.08 bits per heavy atom. The maximum atomic E-state index is 12.4. The third-order valence-corrected chi connectivity index (χ3v) is 4.92. The van der Waals surface area contributed by atoms with Gasteiger partial charge in [-0.25, -0.2) is 4.79 Å². The lowest BCUT2D eigenvalue weighted by atomic mass is 9.77. The third-order valence-electron chi connectivity index (χ3n) is 4.92. The summed E-state index contributed by atoms with van der Waals surface area (Å²) in [6.07, 6.45) is 7.09. The number of nitrogens with zero attached hydrogens (tertiary/aromatic N) is 1. The number of pyridine rings is 1. The van der Waals surface area contributed by atoms with Gasteiger partial charge in [-0.1, -0.05) is 0 Å². The lowest BCUT2D eigenvalue weighted by Gasteiger charge is -2.44. The van der Waals surface area contributed by atoms with E-state index >= 15 is 0 Å². The van der Waals surface area contributed by atoms with Crippen LogP contribution in [0.4, 0.5) is 0 Å². The second kappa shape index (κ2) is 5.88. The van der Waals surface area contributed by atoms with Crippen LogP contribution in [0.1, 0.15) is 31.7 Å². The summed E-state index contributed by atoms with van der Waals surface area (Å²) in [5, 5.41) is 0. The van der Waals surface area contributed by atoms with Crippen molar-refractivity contribution in [3.63, 3.8) is 0 Å². The van der Waals surface area contributed by atoms with Gasteiger partial charge in [0.2, 0.25) is 0 Å². The van der Waals surface area contributed by atoms with E-state index in [1.807, 2.05) is 19.1 Å². The fourth-order valence-electron chi connectivity index (χ4n) is 3.57. The monoisotopic (exact) mass is 339 g/mol. The lowest BCUT2D eigenvalue weighted by Crippen LogP contribution is -2.51. The minimum atomic E-state index is -0.772. The van der Waals surface area contributed by atoms with Crippen LogP contribution in [0.5, 0.6) is 5.75 Å². The smallest absolute Gasteiger partial charge is 0.347 e. The fraction of sp³-hybridized carbons (Fsp3) is 0.316. The van der Waals surface area contributed by atoms with Gasteiger partial charge in [0, 0.05) is 24.0 Å². The number of hydrogen-bond acceptors (Lipinski definition) is 6. The first-order valence-electron chi connectivity index (χ1n) is 8.19. The number of fused-ring (bicyclic) bond motifs is 2. The topological polar surface area (TPSA) is 78.6 Å². The van der Waals surface area contributed by atoms with Gasteiger partial charge in [-0.15, -0.1) is 0 Å². The van der Waals surface area contributed by atoms with Crippen LogP contribution in [0.15, 0.2) is 45.4 Å². The maximum absolute atomic E-state index is 12.4. The lowest BCUT2D eigenvalue weighted by molar-refractivity contribution is -0.145. The van der Waals surface area contributed by atoms with Gasteiger partial charge in [0.05, 0.1) is 0 Å². The molecule has 0 bridgehead atoms. The molecule has 3 heterocycles. The summed E-state index contributed by atoms with van der Waals surface area (Å²) in [5.74, 6) is 0.823. The number of aromatic nitrogens is 1. The molecule has 4 rings (SSSR count). The van der Waals surface area contributed by atoms with Crippen molar-refractivity contribution in [2.45, 2.75) is 37.9 Å². The molecular weight excluding hydrogens is 322 g/mol. The predicted octanol–water partition coefficient (Wildman–Crippen LogP) is 2.96. The van der Waals surface area contributed by atoms with E-state index < -0.39 is 11.2 Å². The van der Waals surface area contributed by atoms with E-state index in [9.17, 15) is 9.59 Å². The van der Waals surface area contributed by atoms with E-state index in [1.165, 1.54) is 0 Å². The molecule has 2 atom stereocenters. The molecule has 0 aromatic carbocycles. The number of hydrogen-bond donors (Lipinski definition) is 0. The summed E-state index contributed by atoms with van der Waals surface area (Å²) in [6.45, 7) is 2.35. The zero-order chi connectivity index (χ0) is 17.4. The van der Waals surface area contributed by atoms with Crippen LogP contribution < -0.4 is 10.4 Å². The van der Waals surface area contributed by atoms with E-state index in [-0.39, 0.29) is 6.10 Å². The summed E-state index contributed by atoms with van der Waals surface area (Å²) in [7, 11) is 0. The van der Waals surface area contributed by atoms with Crippen molar-refractivity contribution in [2.75, 3.05) is 0 Å². The molecule has 6 heteroatoms. The van der Waals surface area contributed by atoms with E-state index in [2.05, 4.69) is 4.98 Å². The van der Waals surface area contributed by atoms with Crippen molar-refractivity contribution < 1.29 is 18.7 Å². The zero-order valence-corrected chi connectivity index (χ0v) is 13.7. The van der Waals surface area contributed by atoms with E-state index in [1.54, 1.807) is 24.5 Å². The van der Waals surface area contributed by atoms with Gasteiger partial charge >= 0.3 is 5.63 Å². The summed E-state index contributed by atoms with van der Waals surface area (Å²) >= 11 is 0. The van der Waals surface area contributed by atoms with Crippen LogP contribution >= 0.6 is 0 Å². The number of rotatable bonds is 3. The molecule has 2 aliphatic rings. The summed E-state index contributed by atoms with van der Waals surface area (Å²) in [4.78, 5) is 27.3. The third kappa shape index (κ3) is 2.54. The molecule has 2 aromatic rings. The molecule has 1 aliphatic carbocycles. The number of carbonyl (C=O) groups excluding carboxylic acids is 1. The van der Waals surface area contributed by atoms with Crippen LogP contribution in [-0.4, -0.2) is 23.2 Å². The van der Waals surface area contributed by atoms with Crippen molar-refractivity contribution in [3.05, 3.63) is 52.1 Å². The molecule has 0 unspecified atom stereocenters. The van der Waals surface area contributed by atoms with Gasteiger partial charge in [-0.05, 0) is 50.0 Å². The molecule has 128 valence electrons.